The van der Waals surface area contributed by atoms with Gasteiger partial charge in [-0.2, -0.15) is 14.6 Å². The lowest BCUT2D eigenvalue weighted by Gasteiger charge is -2.07. The van der Waals surface area contributed by atoms with Crippen molar-refractivity contribution in [1.29, 1.82) is 0 Å². The first-order valence-corrected chi connectivity index (χ1v) is 7.16. The summed E-state index contributed by atoms with van der Waals surface area (Å²) in [7, 11) is 1.83. The molecule has 6 heteroatoms. The number of fused-ring (bicyclic) bond motifs is 2. The molecule has 0 saturated heterocycles. The summed E-state index contributed by atoms with van der Waals surface area (Å²) < 4.78 is 1.74. The molecule has 0 aliphatic rings. The maximum atomic E-state index is 4.58. The molecule has 4 aromatic rings. The maximum Gasteiger partial charge on any atom is 0.227 e. The highest BCUT2D eigenvalue weighted by Crippen LogP contribution is 2.31. The lowest BCUT2D eigenvalue weighted by molar-refractivity contribution is 0.877. The number of hydrogen-bond donors (Lipinski definition) is 1. The average Bonchev–Trinajstić information content (AvgIpc) is 2.97. The SMILES string of the molecule is CNc1nc(C)nc2c(-c3cccc4ccccc34)cnn12.Cl. The molecule has 0 saturated carbocycles. The Kier molecular flexibility index (Phi) is 3.88. The van der Waals surface area contributed by atoms with Gasteiger partial charge in [-0.3, -0.25) is 0 Å². The molecule has 4 rings (SSSR count). The second kappa shape index (κ2) is 5.85. The Hall–Kier alpha value is -2.66. The first-order valence-electron chi connectivity index (χ1n) is 7.16. The molecule has 0 fully saturated rings. The lowest BCUT2D eigenvalue weighted by atomic mass is 10.0. The molecular weight excluding hydrogens is 310 g/mol. The Morgan fingerprint density at radius 3 is 2.57 bits per heavy atom. The predicted octanol–water partition coefficient (Wildman–Crippen LogP) is 3.72. The summed E-state index contributed by atoms with van der Waals surface area (Å²) in [6, 6.07) is 14.6. The quantitative estimate of drug-likeness (QED) is 0.610. The Balaban J connectivity index is 0.00000156. The first-order chi connectivity index (χ1) is 10.8. The van der Waals surface area contributed by atoms with Gasteiger partial charge in [0.05, 0.1) is 6.20 Å². The van der Waals surface area contributed by atoms with Crippen molar-refractivity contribution in [2.45, 2.75) is 6.92 Å². The molecule has 0 spiro atoms. The van der Waals surface area contributed by atoms with E-state index in [1.807, 2.05) is 26.2 Å². The van der Waals surface area contributed by atoms with Crippen LogP contribution in [0.4, 0.5) is 5.95 Å². The van der Waals surface area contributed by atoms with Gasteiger partial charge in [-0.25, -0.2) is 4.98 Å². The van der Waals surface area contributed by atoms with Gasteiger partial charge in [-0.1, -0.05) is 42.5 Å². The number of aryl methyl sites for hydroxylation is 1. The zero-order chi connectivity index (χ0) is 15.1. The minimum Gasteiger partial charge on any atom is -0.357 e. The normalized spacial score (nSPS) is 10.7. The van der Waals surface area contributed by atoms with Gasteiger partial charge < -0.3 is 5.32 Å². The summed E-state index contributed by atoms with van der Waals surface area (Å²) in [5.74, 6) is 1.41. The Bertz CT molecular complexity index is 988. The number of rotatable bonds is 2. The van der Waals surface area contributed by atoms with Crippen LogP contribution in [0.25, 0.3) is 27.5 Å². The lowest BCUT2D eigenvalue weighted by Crippen LogP contribution is -2.05. The zero-order valence-corrected chi connectivity index (χ0v) is 13.6. The third-order valence-corrected chi connectivity index (χ3v) is 3.78. The van der Waals surface area contributed by atoms with Crippen molar-refractivity contribution >= 4 is 34.8 Å². The Morgan fingerprint density at radius 2 is 1.74 bits per heavy atom. The molecule has 23 heavy (non-hydrogen) atoms. The van der Waals surface area contributed by atoms with E-state index >= 15 is 0 Å². The van der Waals surface area contributed by atoms with Crippen LogP contribution < -0.4 is 5.32 Å². The number of nitrogens with zero attached hydrogens (tertiary/aromatic N) is 4. The smallest absolute Gasteiger partial charge is 0.227 e. The van der Waals surface area contributed by atoms with Crippen molar-refractivity contribution in [3.8, 4) is 11.1 Å². The standard InChI is InChI=1S/C17H15N5.ClH/c1-11-20-16-15(10-19-22(16)17(18-2)21-11)14-9-5-7-12-6-3-4-8-13(12)14;/h3-10H,1-2H3,(H,18,20,21);1H. The van der Waals surface area contributed by atoms with Crippen LogP contribution in [-0.2, 0) is 0 Å². The summed E-state index contributed by atoms with van der Waals surface area (Å²) >= 11 is 0. The van der Waals surface area contributed by atoms with E-state index in [0.717, 1.165) is 22.6 Å². The number of aromatic nitrogens is 4. The van der Waals surface area contributed by atoms with Crippen LogP contribution in [-0.4, -0.2) is 26.6 Å². The molecule has 0 aliphatic heterocycles. The van der Waals surface area contributed by atoms with Crippen LogP contribution in [0.2, 0.25) is 0 Å². The van der Waals surface area contributed by atoms with Gasteiger partial charge in [0.2, 0.25) is 5.95 Å². The van der Waals surface area contributed by atoms with E-state index in [1.54, 1.807) is 4.52 Å². The molecule has 2 aromatic heterocycles. The van der Waals surface area contributed by atoms with Crippen molar-refractivity contribution in [3.05, 3.63) is 54.5 Å². The van der Waals surface area contributed by atoms with Crippen molar-refractivity contribution in [3.63, 3.8) is 0 Å². The fraction of sp³-hybridized carbons (Fsp3) is 0.118. The van der Waals surface area contributed by atoms with Gasteiger partial charge in [0.25, 0.3) is 0 Å². The van der Waals surface area contributed by atoms with Gasteiger partial charge in [0.1, 0.15) is 5.82 Å². The van der Waals surface area contributed by atoms with Crippen LogP contribution in [0.3, 0.4) is 0 Å². The van der Waals surface area contributed by atoms with Gasteiger partial charge in [0, 0.05) is 12.6 Å². The highest BCUT2D eigenvalue weighted by molar-refractivity contribution is 5.99. The van der Waals surface area contributed by atoms with Gasteiger partial charge >= 0.3 is 0 Å². The largest absolute Gasteiger partial charge is 0.357 e. The van der Waals surface area contributed by atoms with Gasteiger partial charge in [0.15, 0.2) is 5.65 Å². The summed E-state index contributed by atoms with van der Waals surface area (Å²) in [6.45, 7) is 1.89. The van der Waals surface area contributed by atoms with Crippen LogP contribution in [0, 0.1) is 6.92 Å². The van der Waals surface area contributed by atoms with Crippen molar-refractivity contribution in [1.82, 2.24) is 19.6 Å². The van der Waals surface area contributed by atoms with Crippen LogP contribution in [0.5, 0.6) is 0 Å². The summed E-state index contributed by atoms with van der Waals surface area (Å²) in [5, 5.41) is 9.91. The molecular formula is C17H16ClN5. The van der Waals surface area contributed by atoms with E-state index in [2.05, 4.69) is 56.8 Å². The minimum atomic E-state index is 0. The molecule has 0 unspecified atom stereocenters. The monoisotopic (exact) mass is 325 g/mol. The van der Waals surface area contributed by atoms with Gasteiger partial charge in [-0.05, 0) is 23.3 Å². The van der Waals surface area contributed by atoms with Gasteiger partial charge in [-0.15, -0.1) is 12.4 Å². The number of nitrogens with one attached hydrogen (secondary N) is 1. The molecule has 1 N–H and O–H groups in total. The fourth-order valence-electron chi connectivity index (χ4n) is 2.80. The molecule has 0 amide bonds. The first kappa shape index (κ1) is 15.2. The number of anilines is 1. The van der Waals surface area contributed by atoms with E-state index in [9.17, 15) is 0 Å². The Morgan fingerprint density at radius 1 is 0.957 bits per heavy atom. The maximum absolute atomic E-state index is 4.58. The van der Waals surface area contributed by atoms with Crippen molar-refractivity contribution in [2.75, 3.05) is 12.4 Å². The summed E-state index contributed by atoms with van der Waals surface area (Å²) in [6.07, 6.45) is 1.85. The third kappa shape index (κ3) is 2.39. The molecule has 0 bridgehead atoms. The van der Waals surface area contributed by atoms with Crippen LogP contribution in [0.15, 0.2) is 48.7 Å². The summed E-state index contributed by atoms with van der Waals surface area (Å²) in [5.41, 5.74) is 2.96. The molecule has 116 valence electrons. The number of hydrogen-bond acceptors (Lipinski definition) is 4. The van der Waals surface area contributed by atoms with Crippen molar-refractivity contribution < 1.29 is 0 Å². The minimum absolute atomic E-state index is 0. The van der Waals surface area contributed by atoms with Crippen LogP contribution >= 0.6 is 12.4 Å². The van der Waals surface area contributed by atoms with Crippen molar-refractivity contribution in [2.24, 2.45) is 0 Å². The fourth-order valence-corrected chi connectivity index (χ4v) is 2.80. The van der Waals surface area contributed by atoms with E-state index in [4.69, 9.17) is 0 Å². The molecule has 0 atom stereocenters. The highest BCUT2D eigenvalue weighted by atomic mass is 35.5. The zero-order valence-electron chi connectivity index (χ0n) is 12.8. The van der Waals surface area contributed by atoms with E-state index in [0.29, 0.717) is 5.95 Å². The van der Waals surface area contributed by atoms with E-state index < -0.39 is 0 Å². The highest BCUT2D eigenvalue weighted by Gasteiger charge is 2.14. The second-order valence-corrected chi connectivity index (χ2v) is 5.16. The third-order valence-electron chi connectivity index (χ3n) is 3.78. The molecule has 0 aliphatic carbocycles. The molecule has 2 aromatic carbocycles. The topological polar surface area (TPSA) is 55.1 Å². The van der Waals surface area contributed by atoms with E-state index in [1.165, 1.54) is 10.8 Å². The predicted molar refractivity (Wildman–Crippen MR) is 95.3 cm³/mol. The number of benzene rings is 2. The van der Waals surface area contributed by atoms with Crippen LogP contribution in [0.1, 0.15) is 5.82 Å². The molecule has 2 heterocycles. The molecule has 0 radical (unpaired) electrons. The van der Waals surface area contributed by atoms with E-state index in [-0.39, 0.29) is 12.4 Å². The second-order valence-electron chi connectivity index (χ2n) is 5.16. The average molecular weight is 326 g/mol. The molecule has 5 nitrogen and oxygen atoms in total. The Labute approximate surface area is 139 Å². The number of halogens is 1. The summed E-state index contributed by atoms with van der Waals surface area (Å²) in [4.78, 5) is 8.94.